The lowest BCUT2D eigenvalue weighted by atomic mass is 9.78. The molecule has 0 saturated heterocycles. The topological polar surface area (TPSA) is 52.0 Å². The molecule has 0 radical (unpaired) electrons. The summed E-state index contributed by atoms with van der Waals surface area (Å²) < 4.78 is 0. The molecule has 31 heavy (non-hydrogen) atoms. The molecule has 0 spiro atoms. The van der Waals surface area contributed by atoms with E-state index >= 15 is 0 Å². The number of nitrogens with two attached hydrogens (primary N) is 2. The maximum Gasteiger partial charge on any atom is 0.0425 e. The van der Waals surface area contributed by atoms with Gasteiger partial charge in [0.1, 0.15) is 0 Å². The zero-order valence-corrected chi connectivity index (χ0v) is 20.2. The van der Waals surface area contributed by atoms with Crippen LogP contribution in [0.1, 0.15) is 87.4 Å². The number of hydrogen-bond acceptors (Lipinski definition) is 2. The summed E-state index contributed by atoms with van der Waals surface area (Å²) in [4.78, 5) is 0. The van der Waals surface area contributed by atoms with E-state index in [9.17, 15) is 0 Å². The highest BCUT2D eigenvalue weighted by atomic mass is 14.7. The van der Waals surface area contributed by atoms with E-state index < -0.39 is 0 Å². The smallest absolute Gasteiger partial charge is 0.0425 e. The van der Waals surface area contributed by atoms with Crippen LogP contribution < -0.4 is 11.5 Å². The molecule has 3 rings (SSSR count). The summed E-state index contributed by atoms with van der Waals surface area (Å²) in [6.45, 7) is 15.9. The van der Waals surface area contributed by atoms with E-state index in [1.165, 1.54) is 55.6 Å². The van der Waals surface area contributed by atoms with Crippen molar-refractivity contribution in [3.63, 3.8) is 0 Å². The first-order valence-corrected chi connectivity index (χ1v) is 11.4. The minimum absolute atomic E-state index is 0.188. The molecule has 0 amide bonds. The van der Waals surface area contributed by atoms with Crippen molar-refractivity contribution in [2.45, 2.75) is 66.3 Å². The molecule has 0 saturated carbocycles. The van der Waals surface area contributed by atoms with Gasteiger partial charge in [-0.3, -0.25) is 0 Å². The summed E-state index contributed by atoms with van der Waals surface area (Å²) in [6, 6.07) is 18.1. The molecule has 3 aromatic carbocycles. The van der Waals surface area contributed by atoms with Crippen molar-refractivity contribution in [1.29, 1.82) is 0 Å². The molecule has 0 aliphatic rings. The average Bonchev–Trinajstić information content (AvgIpc) is 2.70. The molecule has 0 heterocycles. The van der Waals surface area contributed by atoms with Gasteiger partial charge in [0.25, 0.3) is 0 Å². The van der Waals surface area contributed by atoms with E-state index in [1.54, 1.807) is 0 Å². The Kier molecular flexibility index (Phi) is 7.03. The van der Waals surface area contributed by atoms with Crippen molar-refractivity contribution in [3.05, 3.63) is 104 Å². The fourth-order valence-corrected chi connectivity index (χ4v) is 5.00. The Bertz CT molecular complexity index is 961. The quantitative estimate of drug-likeness (QED) is 0.484. The van der Waals surface area contributed by atoms with Gasteiger partial charge in [0.2, 0.25) is 0 Å². The van der Waals surface area contributed by atoms with Crippen LogP contribution in [0.2, 0.25) is 0 Å². The number of aryl methyl sites for hydroxylation is 5. The largest absolute Gasteiger partial charge is 0.329 e. The first-order chi connectivity index (χ1) is 14.6. The second-order valence-corrected chi connectivity index (χ2v) is 9.48. The average molecular weight is 415 g/mol. The van der Waals surface area contributed by atoms with E-state index in [2.05, 4.69) is 97.0 Å². The number of benzene rings is 3. The Balaban J connectivity index is 2.22. The van der Waals surface area contributed by atoms with Crippen molar-refractivity contribution in [3.8, 4) is 0 Å². The second kappa shape index (κ2) is 9.38. The summed E-state index contributed by atoms with van der Waals surface area (Å²) in [6.07, 6.45) is 0. The summed E-state index contributed by atoms with van der Waals surface area (Å²) in [5.41, 5.74) is 25.7. The van der Waals surface area contributed by atoms with Crippen LogP contribution in [0.15, 0.2) is 48.5 Å². The third kappa shape index (κ3) is 5.08. The van der Waals surface area contributed by atoms with Crippen LogP contribution in [0.25, 0.3) is 0 Å². The lowest BCUT2D eigenvalue weighted by Gasteiger charge is -2.28. The van der Waals surface area contributed by atoms with E-state index in [0.717, 1.165) is 0 Å². The van der Waals surface area contributed by atoms with Gasteiger partial charge in [0, 0.05) is 24.4 Å². The van der Waals surface area contributed by atoms with Crippen molar-refractivity contribution in [2.75, 3.05) is 6.54 Å². The molecule has 0 bridgehead atoms. The minimum Gasteiger partial charge on any atom is -0.329 e. The monoisotopic (exact) mass is 414 g/mol. The molecule has 0 aromatic heterocycles. The van der Waals surface area contributed by atoms with Gasteiger partial charge in [-0.25, -0.2) is 0 Å². The highest BCUT2D eigenvalue weighted by molar-refractivity contribution is 5.51. The first kappa shape index (κ1) is 23.2. The maximum absolute atomic E-state index is 6.67. The zero-order chi connectivity index (χ0) is 22.9. The minimum atomic E-state index is -0.188. The Morgan fingerprint density at radius 1 is 0.581 bits per heavy atom. The lowest BCUT2D eigenvalue weighted by Crippen LogP contribution is -2.25. The number of hydrogen-bond donors (Lipinski definition) is 2. The van der Waals surface area contributed by atoms with Crippen molar-refractivity contribution < 1.29 is 0 Å². The van der Waals surface area contributed by atoms with Crippen LogP contribution >= 0.6 is 0 Å². The fraction of sp³-hybridized carbons (Fsp3) is 0.379. The van der Waals surface area contributed by atoms with Gasteiger partial charge in [0.05, 0.1) is 0 Å². The predicted molar refractivity (Wildman–Crippen MR) is 134 cm³/mol. The molecule has 3 atom stereocenters. The highest BCUT2D eigenvalue weighted by Crippen LogP contribution is 2.38. The Hall–Kier alpha value is -2.42. The van der Waals surface area contributed by atoms with Gasteiger partial charge in [-0.2, -0.15) is 0 Å². The SMILES string of the molecule is Cc1cc(C)cc(C(C)c2cc(C)cc(C(C)c3cc(C)cc(C)c3)c2C(N)CN)c1. The van der Waals surface area contributed by atoms with Crippen LogP contribution in [0.4, 0.5) is 0 Å². The fourth-order valence-electron chi connectivity index (χ4n) is 5.00. The maximum atomic E-state index is 6.67. The summed E-state index contributed by atoms with van der Waals surface area (Å²) in [5.74, 6) is 0.493. The van der Waals surface area contributed by atoms with Crippen LogP contribution in [-0.2, 0) is 0 Å². The molecule has 2 nitrogen and oxygen atoms in total. The van der Waals surface area contributed by atoms with E-state index in [1.807, 2.05) is 0 Å². The van der Waals surface area contributed by atoms with E-state index in [0.29, 0.717) is 6.54 Å². The van der Waals surface area contributed by atoms with Crippen molar-refractivity contribution in [2.24, 2.45) is 11.5 Å². The Morgan fingerprint density at radius 2 is 0.903 bits per heavy atom. The molecular formula is C29H38N2. The molecule has 164 valence electrons. The third-order valence-corrected chi connectivity index (χ3v) is 6.43. The highest BCUT2D eigenvalue weighted by Gasteiger charge is 2.24. The molecule has 0 aliphatic heterocycles. The van der Waals surface area contributed by atoms with Crippen molar-refractivity contribution >= 4 is 0 Å². The van der Waals surface area contributed by atoms with Crippen molar-refractivity contribution in [1.82, 2.24) is 0 Å². The molecule has 3 unspecified atom stereocenters. The second-order valence-electron chi connectivity index (χ2n) is 9.48. The molecular weight excluding hydrogens is 376 g/mol. The van der Waals surface area contributed by atoms with Gasteiger partial charge < -0.3 is 11.5 Å². The van der Waals surface area contributed by atoms with Gasteiger partial charge in [-0.15, -0.1) is 0 Å². The van der Waals surface area contributed by atoms with Crippen LogP contribution in [0, 0.1) is 34.6 Å². The van der Waals surface area contributed by atoms with Gasteiger partial charge in [-0.05, 0) is 62.4 Å². The van der Waals surface area contributed by atoms with Gasteiger partial charge >= 0.3 is 0 Å². The molecule has 0 aliphatic carbocycles. The predicted octanol–water partition coefficient (Wildman–Crippen LogP) is 6.49. The van der Waals surface area contributed by atoms with Gasteiger partial charge in [0.15, 0.2) is 0 Å². The van der Waals surface area contributed by atoms with E-state index in [4.69, 9.17) is 11.5 Å². The Labute approximate surface area is 188 Å². The van der Waals surface area contributed by atoms with Crippen LogP contribution in [0.5, 0.6) is 0 Å². The van der Waals surface area contributed by atoms with E-state index in [-0.39, 0.29) is 17.9 Å². The molecule has 3 aromatic rings. The zero-order valence-electron chi connectivity index (χ0n) is 20.2. The molecule has 4 N–H and O–H groups in total. The lowest BCUT2D eigenvalue weighted by molar-refractivity contribution is 0.696. The molecule has 2 heteroatoms. The first-order valence-electron chi connectivity index (χ1n) is 11.4. The molecule has 0 fully saturated rings. The van der Waals surface area contributed by atoms with Gasteiger partial charge in [-0.1, -0.05) is 90.2 Å². The Morgan fingerprint density at radius 3 is 1.23 bits per heavy atom. The number of rotatable bonds is 6. The van der Waals surface area contributed by atoms with Crippen LogP contribution in [-0.4, -0.2) is 6.54 Å². The third-order valence-electron chi connectivity index (χ3n) is 6.43. The summed E-state index contributed by atoms with van der Waals surface area (Å²) >= 11 is 0. The summed E-state index contributed by atoms with van der Waals surface area (Å²) in [5, 5.41) is 0. The summed E-state index contributed by atoms with van der Waals surface area (Å²) in [7, 11) is 0. The standard InChI is InChI=1S/C29H38N2/c1-17-8-18(2)11-24(10-17)22(6)26-14-21(5)15-27(29(26)28(31)16-30)23(7)25-12-19(3)9-20(4)13-25/h8-15,22-23,28H,16,30-31H2,1-7H3. The van der Waals surface area contributed by atoms with Crippen LogP contribution in [0.3, 0.4) is 0 Å². The normalized spacial score (nSPS) is 14.4.